The van der Waals surface area contributed by atoms with Gasteiger partial charge in [-0.15, -0.1) is 0 Å². The molecule has 0 N–H and O–H groups in total. The molecule has 0 aromatic carbocycles. The summed E-state index contributed by atoms with van der Waals surface area (Å²) in [7, 11) is 0. The fourth-order valence-electron chi connectivity index (χ4n) is 3.14. The predicted molar refractivity (Wildman–Crippen MR) is 107 cm³/mol. The number of allylic oxidation sites excluding steroid dienone is 2. The van der Waals surface area contributed by atoms with Crippen LogP contribution < -0.4 is 0 Å². The van der Waals surface area contributed by atoms with Crippen LogP contribution in [0.15, 0.2) is 17.1 Å². The second-order valence-corrected chi connectivity index (χ2v) is 7.94. The Balaban J connectivity index is 1.80. The molecule has 0 saturated carbocycles. The van der Waals surface area contributed by atoms with E-state index in [9.17, 15) is 0 Å². The number of hydrogen-bond donors (Lipinski definition) is 0. The van der Waals surface area contributed by atoms with E-state index in [-0.39, 0.29) is 5.54 Å². The minimum absolute atomic E-state index is 0.00471. The van der Waals surface area contributed by atoms with Gasteiger partial charge < -0.3 is 4.74 Å². The van der Waals surface area contributed by atoms with E-state index in [4.69, 9.17) is 4.74 Å². The van der Waals surface area contributed by atoms with Gasteiger partial charge in [-0.05, 0) is 46.0 Å². The molecule has 0 spiro atoms. The van der Waals surface area contributed by atoms with Gasteiger partial charge in [-0.2, -0.15) is 0 Å². The Labute approximate surface area is 151 Å². The van der Waals surface area contributed by atoms with Gasteiger partial charge in [-0.25, -0.2) is 4.99 Å². The fourth-order valence-corrected chi connectivity index (χ4v) is 3.14. The van der Waals surface area contributed by atoms with Crippen LogP contribution >= 0.6 is 0 Å². The zero-order valence-corrected chi connectivity index (χ0v) is 16.6. The van der Waals surface area contributed by atoms with Crippen LogP contribution in [0, 0.1) is 0 Å². The maximum absolute atomic E-state index is 5.62. The Bertz CT molecular complexity index is 357. The molecular weight excluding hydrogens is 294 g/mol. The molecule has 1 heterocycles. The van der Waals surface area contributed by atoms with Crippen LogP contribution in [-0.4, -0.2) is 18.0 Å². The SMILES string of the molecule is CCCCCCCCCCC/C=C/CCCCC1=NC(C)(C)CO1. The molecule has 2 heteroatoms. The summed E-state index contributed by atoms with van der Waals surface area (Å²) in [4.78, 5) is 4.60. The molecular formula is C22H41NO. The maximum Gasteiger partial charge on any atom is 0.183 e. The second-order valence-electron chi connectivity index (χ2n) is 7.94. The Morgan fingerprint density at radius 3 is 1.92 bits per heavy atom. The Hall–Kier alpha value is -0.790. The summed E-state index contributed by atoms with van der Waals surface area (Å²) in [5.41, 5.74) is 0.00471. The van der Waals surface area contributed by atoms with E-state index in [0.717, 1.165) is 18.9 Å². The third-order valence-electron chi connectivity index (χ3n) is 4.67. The van der Waals surface area contributed by atoms with Crippen molar-refractivity contribution in [2.24, 2.45) is 4.99 Å². The average molecular weight is 336 g/mol. The van der Waals surface area contributed by atoms with Crippen molar-refractivity contribution in [2.75, 3.05) is 6.61 Å². The number of nitrogens with zero attached hydrogens (tertiary/aromatic N) is 1. The lowest BCUT2D eigenvalue weighted by Gasteiger charge is -2.07. The summed E-state index contributed by atoms with van der Waals surface area (Å²) < 4.78 is 5.62. The first-order valence-electron chi connectivity index (χ1n) is 10.5. The highest BCUT2D eigenvalue weighted by Crippen LogP contribution is 2.19. The van der Waals surface area contributed by atoms with Crippen LogP contribution in [0.3, 0.4) is 0 Å². The van der Waals surface area contributed by atoms with Crippen molar-refractivity contribution >= 4 is 5.90 Å². The normalized spacial score (nSPS) is 16.5. The molecule has 0 aromatic rings. The summed E-state index contributed by atoms with van der Waals surface area (Å²) in [6.07, 6.45) is 23.4. The van der Waals surface area contributed by atoms with Gasteiger partial charge in [-0.1, -0.05) is 70.4 Å². The first-order valence-corrected chi connectivity index (χ1v) is 10.5. The molecule has 140 valence electrons. The number of aliphatic imine (C=N–C) groups is 1. The van der Waals surface area contributed by atoms with Gasteiger partial charge in [0.15, 0.2) is 5.90 Å². The lowest BCUT2D eigenvalue weighted by atomic mass is 10.1. The number of unbranched alkanes of at least 4 members (excludes halogenated alkanes) is 11. The van der Waals surface area contributed by atoms with Gasteiger partial charge >= 0.3 is 0 Å². The van der Waals surface area contributed by atoms with Crippen molar-refractivity contribution < 1.29 is 4.74 Å². The zero-order chi connectivity index (χ0) is 17.5. The van der Waals surface area contributed by atoms with Crippen molar-refractivity contribution in [3.63, 3.8) is 0 Å². The second kappa shape index (κ2) is 13.5. The van der Waals surface area contributed by atoms with E-state index in [2.05, 4.69) is 37.9 Å². The van der Waals surface area contributed by atoms with Crippen LogP contribution in [0.25, 0.3) is 0 Å². The minimum Gasteiger partial charge on any atom is -0.478 e. The third kappa shape index (κ3) is 11.7. The van der Waals surface area contributed by atoms with E-state index in [1.54, 1.807) is 0 Å². The largest absolute Gasteiger partial charge is 0.478 e. The summed E-state index contributed by atoms with van der Waals surface area (Å²) in [5.74, 6) is 0.971. The highest BCUT2D eigenvalue weighted by Gasteiger charge is 2.25. The average Bonchev–Trinajstić information content (AvgIpc) is 2.90. The van der Waals surface area contributed by atoms with Crippen molar-refractivity contribution in [1.29, 1.82) is 0 Å². The van der Waals surface area contributed by atoms with Gasteiger partial charge in [-0.3, -0.25) is 0 Å². The summed E-state index contributed by atoms with van der Waals surface area (Å²) >= 11 is 0. The predicted octanol–water partition coefficient (Wildman–Crippen LogP) is 7.23. The van der Waals surface area contributed by atoms with E-state index in [1.165, 1.54) is 83.5 Å². The minimum atomic E-state index is 0.00471. The summed E-state index contributed by atoms with van der Waals surface area (Å²) in [6, 6.07) is 0. The Morgan fingerprint density at radius 2 is 1.38 bits per heavy atom. The van der Waals surface area contributed by atoms with Crippen LogP contribution in [0.4, 0.5) is 0 Å². The zero-order valence-electron chi connectivity index (χ0n) is 16.6. The summed E-state index contributed by atoms with van der Waals surface area (Å²) in [5, 5.41) is 0. The molecule has 1 rings (SSSR count). The topological polar surface area (TPSA) is 21.6 Å². The van der Waals surface area contributed by atoms with E-state index < -0.39 is 0 Å². The van der Waals surface area contributed by atoms with Crippen molar-refractivity contribution in [2.45, 2.75) is 116 Å². The molecule has 0 aliphatic carbocycles. The Kier molecular flexibility index (Phi) is 12.0. The van der Waals surface area contributed by atoms with Crippen LogP contribution in [0.1, 0.15) is 111 Å². The monoisotopic (exact) mass is 335 g/mol. The molecule has 0 aromatic heterocycles. The molecule has 0 bridgehead atoms. The third-order valence-corrected chi connectivity index (χ3v) is 4.67. The lowest BCUT2D eigenvalue weighted by Crippen LogP contribution is -2.17. The standard InChI is InChI=1S/C22H41NO/c1-4-5-6-7-8-9-10-11-12-13-14-15-16-17-18-19-21-23-22(2,3)20-24-21/h14-15H,4-13,16-20H2,1-3H3/b15-14+. The fraction of sp³-hybridized carbons (Fsp3) is 0.864. The first kappa shape index (κ1) is 21.3. The van der Waals surface area contributed by atoms with Gasteiger partial charge in [0.1, 0.15) is 6.61 Å². The van der Waals surface area contributed by atoms with Crippen LogP contribution in [0.5, 0.6) is 0 Å². The highest BCUT2D eigenvalue weighted by molar-refractivity contribution is 5.78. The van der Waals surface area contributed by atoms with Crippen molar-refractivity contribution in [3.8, 4) is 0 Å². The van der Waals surface area contributed by atoms with Crippen molar-refractivity contribution in [1.82, 2.24) is 0 Å². The quantitative estimate of drug-likeness (QED) is 0.228. The molecule has 1 aliphatic rings. The number of hydrogen-bond acceptors (Lipinski definition) is 2. The highest BCUT2D eigenvalue weighted by atomic mass is 16.5. The van der Waals surface area contributed by atoms with E-state index in [0.29, 0.717) is 0 Å². The van der Waals surface area contributed by atoms with Gasteiger partial charge in [0.25, 0.3) is 0 Å². The number of rotatable bonds is 15. The molecule has 0 radical (unpaired) electrons. The molecule has 0 amide bonds. The summed E-state index contributed by atoms with van der Waals surface area (Å²) in [6.45, 7) is 7.30. The molecule has 1 aliphatic heterocycles. The first-order chi connectivity index (χ1) is 11.6. The van der Waals surface area contributed by atoms with Gasteiger partial charge in [0.05, 0.1) is 5.54 Å². The lowest BCUT2D eigenvalue weighted by molar-refractivity contribution is 0.273. The molecule has 2 nitrogen and oxygen atoms in total. The maximum atomic E-state index is 5.62. The van der Waals surface area contributed by atoms with Gasteiger partial charge in [0, 0.05) is 6.42 Å². The smallest absolute Gasteiger partial charge is 0.183 e. The van der Waals surface area contributed by atoms with Crippen LogP contribution in [-0.2, 0) is 4.74 Å². The molecule has 24 heavy (non-hydrogen) atoms. The Morgan fingerprint density at radius 1 is 0.833 bits per heavy atom. The molecule has 0 fully saturated rings. The van der Waals surface area contributed by atoms with Crippen LogP contribution in [0.2, 0.25) is 0 Å². The van der Waals surface area contributed by atoms with E-state index in [1.807, 2.05) is 0 Å². The van der Waals surface area contributed by atoms with Gasteiger partial charge in [0.2, 0.25) is 0 Å². The number of ether oxygens (including phenoxy) is 1. The van der Waals surface area contributed by atoms with Crippen molar-refractivity contribution in [3.05, 3.63) is 12.2 Å². The molecule has 0 unspecified atom stereocenters. The molecule has 0 atom stereocenters. The van der Waals surface area contributed by atoms with E-state index >= 15 is 0 Å². The molecule has 0 saturated heterocycles.